The average Bonchev–Trinajstić information content (AvgIpc) is 2.40. The van der Waals surface area contributed by atoms with Crippen molar-refractivity contribution in [2.75, 3.05) is 0 Å². The molecule has 0 radical (unpaired) electrons. The van der Waals surface area contributed by atoms with Crippen molar-refractivity contribution in [3.8, 4) is 5.75 Å². The van der Waals surface area contributed by atoms with Crippen LogP contribution in [0.2, 0.25) is 0 Å². The number of aromatic hydroxyl groups is 1. The van der Waals surface area contributed by atoms with Crippen molar-refractivity contribution in [2.45, 2.75) is 11.8 Å². The molecule has 1 aromatic heterocycles. The second-order valence-corrected chi connectivity index (χ2v) is 5.34. The van der Waals surface area contributed by atoms with E-state index >= 15 is 0 Å². The second kappa shape index (κ2) is 3.23. The molecule has 0 saturated heterocycles. The van der Waals surface area contributed by atoms with Crippen LogP contribution in [0.3, 0.4) is 0 Å². The number of rotatable bonds is 1. The lowest BCUT2D eigenvalue weighted by Gasteiger charge is -2.05. The number of hydrogen-bond acceptors (Lipinski definition) is 3. The molecule has 3 N–H and O–H groups in total. The van der Waals surface area contributed by atoms with Crippen LogP contribution >= 0.6 is 0 Å². The molecular formula is C10H12N2O3S. The number of aromatic nitrogens is 1. The van der Waals surface area contributed by atoms with Crippen molar-refractivity contribution >= 4 is 20.9 Å². The normalized spacial score (nSPS) is 12.2. The van der Waals surface area contributed by atoms with Crippen LogP contribution in [-0.4, -0.2) is 18.1 Å². The lowest BCUT2D eigenvalue weighted by molar-refractivity contribution is 0.474. The Morgan fingerprint density at radius 3 is 2.56 bits per heavy atom. The van der Waals surface area contributed by atoms with E-state index in [1.54, 1.807) is 17.8 Å². The zero-order valence-electron chi connectivity index (χ0n) is 8.93. The minimum Gasteiger partial charge on any atom is -0.508 e. The van der Waals surface area contributed by atoms with E-state index in [4.69, 9.17) is 5.14 Å². The SMILES string of the molecule is Cc1cn(C)c2c(S(N)(=O)=O)cc(O)cc12. The molecule has 86 valence electrons. The fourth-order valence-corrected chi connectivity index (χ4v) is 2.71. The number of aryl methyl sites for hydroxylation is 2. The zero-order valence-corrected chi connectivity index (χ0v) is 9.75. The summed E-state index contributed by atoms with van der Waals surface area (Å²) in [7, 11) is -2.10. The molecule has 1 heterocycles. The summed E-state index contributed by atoms with van der Waals surface area (Å²) in [5, 5.41) is 15.3. The smallest absolute Gasteiger partial charge is 0.240 e. The van der Waals surface area contributed by atoms with Gasteiger partial charge in [0.25, 0.3) is 0 Å². The maximum atomic E-state index is 11.4. The monoisotopic (exact) mass is 240 g/mol. The Balaban J connectivity index is 3.04. The fraction of sp³-hybridized carbons (Fsp3) is 0.200. The fourth-order valence-electron chi connectivity index (χ4n) is 1.90. The van der Waals surface area contributed by atoms with E-state index in [1.807, 2.05) is 6.92 Å². The third-order valence-electron chi connectivity index (χ3n) is 2.53. The number of primary sulfonamides is 1. The van der Waals surface area contributed by atoms with Crippen LogP contribution < -0.4 is 5.14 Å². The number of sulfonamides is 1. The summed E-state index contributed by atoms with van der Waals surface area (Å²) in [6, 6.07) is 2.69. The topological polar surface area (TPSA) is 85.3 Å². The van der Waals surface area contributed by atoms with Crippen molar-refractivity contribution in [3.05, 3.63) is 23.9 Å². The number of phenols is 1. The summed E-state index contributed by atoms with van der Waals surface area (Å²) < 4.78 is 24.5. The quantitative estimate of drug-likeness (QED) is 0.774. The van der Waals surface area contributed by atoms with Gasteiger partial charge in [0.1, 0.15) is 10.6 Å². The van der Waals surface area contributed by atoms with Gasteiger partial charge in [0.05, 0.1) is 5.52 Å². The number of phenolic OH excluding ortho intramolecular Hbond substituents is 1. The maximum Gasteiger partial charge on any atom is 0.240 e. The van der Waals surface area contributed by atoms with Gasteiger partial charge in [0.15, 0.2) is 0 Å². The highest BCUT2D eigenvalue weighted by atomic mass is 32.2. The standard InChI is InChI=1S/C10H12N2O3S/c1-6-5-12(2)10-8(6)3-7(13)4-9(10)16(11,14)15/h3-5,13H,1-2H3,(H2,11,14,15). The molecule has 0 amide bonds. The van der Waals surface area contributed by atoms with E-state index in [2.05, 4.69) is 0 Å². The van der Waals surface area contributed by atoms with Crippen molar-refractivity contribution in [3.63, 3.8) is 0 Å². The minimum atomic E-state index is -3.84. The molecule has 0 aliphatic heterocycles. The molecule has 0 aliphatic rings. The van der Waals surface area contributed by atoms with Crippen LogP contribution in [0, 0.1) is 6.92 Å². The number of nitrogens with two attached hydrogens (primary N) is 1. The highest BCUT2D eigenvalue weighted by molar-refractivity contribution is 7.89. The van der Waals surface area contributed by atoms with Gasteiger partial charge in [-0.1, -0.05) is 0 Å². The van der Waals surface area contributed by atoms with E-state index in [0.717, 1.165) is 11.6 Å². The van der Waals surface area contributed by atoms with E-state index in [0.29, 0.717) is 10.9 Å². The first-order chi connectivity index (χ1) is 7.30. The van der Waals surface area contributed by atoms with Crippen LogP contribution in [0.25, 0.3) is 10.9 Å². The Labute approximate surface area is 93.2 Å². The predicted molar refractivity (Wildman–Crippen MR) is 60.7 cm³/mol. The van der Waals surface area contributed by atoms with Crippen LogP contribution in [0.4, 0.5) is 0 Å². The second-order valence-electron chi connectivity index (χ2n) is 3.81. The summed E-state index contributed by atoms with van der Waals surface area (Å²) in [6.07, 6.45) is 1.79. The largest absolute Gasteiger partial charge is 0.508 e. The van der Waals surface area contributed by atoms with Crippen LogP contribution in [0.5, 0.6) is 5.75 Å². The van der Waals surface area contributed by atoms with Gasteiger partial charge in [-0.3, -0.25) is 0 Å². The molecule has 0 saturated carbocycles. The van der Waals surface area contributed by atoms with Crippen molar-refractivity contribution in [2.24, 2.45) is 12.2 Å². The van der Waals surface area contributed by atoms with Gasteiger partial charge < -0.3 is 9.67 Å². The molecule has 1 aromatic carbocycles. The van der Waals surface area contributed by atoms with Crippen LogP contribution in [-0.2, 0) is 17.1 Å². The summed E-state index contributed by atoms with van der Waals surface area (Å²) in [5.74, 6) is -0.106. The van der Waals surface area contributed by atoms with E-state index in [1.165, 1.54) is 6.07 Å². The first-order valence-electron chi connectivity index (χ1n) is 4.62. The molecule has 0 aliphatic carbocycles. The van der Waals surface area contributed by atoms with Crippen molar-refractivity contribution in [1.82, 2.24) is 4.57 Å². The van der Waals surface area contributed by atoms with E-state index in [-0.39, 0.29) is 10.6 Å². The lowest BCUT2D eigenvalue weighted by atomic mass is 10.2. The molecule has 5 nitrogen and oxygen atoms in total. The predicted octanol–water partition coefficient (Wildman–Crippen LogP) is 0.840. The molecule has 2 rings (SSSR count). The highest BCUT2D eigenvalue weighted by Gasteiger charge is 2.17. The lowest BCUT2D eigenvalue weighted by Crippen LogP contribution is -2.13. The van der Waals surface area contributed by atoms with E-state index < -0.39 is 10.0 Å². The Morgan fingerprint density at radius 2 is 2.00 bits per heavy atom. The molecule has 2 aromatic rings. The zero-order chi connectivity index (χ0) is 12.1. The van der Waals surface area contributed by atoms with Gasteiger partial charge >= 0.3 is 0 Å². The minimum absolute atomic E-state index is 0.0573. The number of nitrogens with zero attached hydrogens (tertiary/aromatic N) is 1. The number of benzene rings is 1. The average molecular weight is 240 g/mol. The van der Waals surface area contributed by atoms with Crippen LogP contribution in [0.15, 0.2) is 23.2 Å². The third kappa shape index (κ3) is 1.56. The van der Waals surface area contributed by atoms with Crippen LogP contribution in [0.1, 0.15) is 5.56 Å². The van der Waals surface area contributed by atoms with E-state index in [9.17, 15) is 13.5 Å². The Bertz CT molecular complexity index is 671. The molecule has 0 spiro atoms. The molecule has 0 fully saturated rings. The number of fused-ring (bicyclic) bond motifs is 1. The van der Waals surface area contributed by atoms with Gasteiger partial charge in [-0.25, -0.2) is 13.6 Å². The first kappa shape index (κ1) is 11.0. The summed E-state index contributed by atoms with van der Waals surface area (Å²) in [5.41, 5.74) is 1.40. The van der Waals surface area contributed by atoms with Gasteiger partial charge in [-0.2, -0.15) is 0 Å². The van der Waals surface area contributed by atoms with Gasteiger partial charge in [0.2, 0.25) is 10.0 Å². The Kier molecular flexibility index (Phi) is 2.21. The maximum absolute atomic E-state index is 11.4. The van der Waals surface area contributed by atoms with Gasteiger partial charge in [0, 0.05) is 24.7 Å². The molecule has 6 heteroatoms. The summed E-state index contributed by atoms with van der Waals surface area (Å²) in [4.78, 5) is -0.0573. The van der Waals surface area contributed by atoms with Gasteiger partial charge in [-0.05, 0) is 18.6 Å². The number of hydrogen-bond donors (Lipinski definition) is 2. The molecule has 0 atom stereocenters. The molecule has 16 heavy (non-hydrogen) atoms. The Hall–Kier alpha value is -1.53. The highest BCUT2D eigenvalue weighted by Crippen LogP contribution is 2.30. The molecule has 0 unspecified atom stereocenters. The third-order valence-corrected chi connectivity index (χ3v) is 3.46. The van der Waals surface area contributed by atoms with Crippen molar-refractivity contribution in [1.29, 1.82) is 0 Å². The van der Waals surface area contributed by atoms with Gasteiger partial charge in [-0.15, -0.1) is 0 Å². The molecule has 0 bridgehead atoms. The Morgan fingerprint density at radius 1 is 1.38 bits per heavy atom. The summed E-state index contributed by atoms with van der Waals surface area (Å²) >= 11 is 0. The summed E-state index contributed by atoms with van der Waals surface area (Å²) in [6.45, 7) is 1.84. The van der Waals surface area contributed by atoms with Crippen molar-refractivity contribution < 1.29 is 13.5 Å². The molecular weight excluding hydrogens is 228 g/mol. The first-order valence-corrected chi connectivity index (χ1v) is 6.17.